The van der Waals surface area contributed by atoms with Gasteiger partial charge >= 0.3 is 6.18 Å². The fourth-order valence-corrected chi connectivity index (χ4v) is 3.53. The van der Waals surface area contributed by atoms with Gasteiger partial charge in [0.1, 0.15) is 0 Å². The van der Waals surface area contributed by atoms with E-state index in [2.05, 4.69) is 5.10 Å². The minimum Gasteiger partial charge on any atom is -0.362 e. The van der Waals surface area contributed by atoms with E-state index in [1.165, 1.54) is 24.3 Å². The van der Waals surface area contributed by atoms with Gasteiger partial charge in [-0.2, -0.15) is 23.3 Å². The molecule has 0 radical (unpaired) electrons. The predicted octanol–water partition coefficient (Wildman–Crippen LogP) is 3.98. The van der Waals surface area contributed by atoms with Crippen molar-refractivity contribution in [2.75, 3.05) is 0 Å². The van der Waals surface area contributed by atoms with Gasteiger partial charge in [0.25, 0.3) is 11.6 Å². The second-order valence-corrected chi connectivity index (χ2v) is 6.53. The average molecular weight is 361 g/mol. The van der Waals surface area contributed by atoms with Gasteiger partial charge in [-0.05, 0) is 37.5 Å². The van der Waals surface area contributed by atoms with Crippen molar-refractivity contribution >= 4 is 23.2 Å². The monoisotopic (exact) mass is 360 g/mol. The lowest BCUT2D eigenvalue weighted by Crippen LogP contribution is -2.61. The molecule has 1 fully saturated rings. The Hall–Kier alpha value is -1.60. The number of nitrogens with zero attached hydrogens (tertiary/aromatic N) is 2. The summed E-state index contributed by atoms with van der Waals surface area (Å²) in [4.78, 5) is 12.6. The van der Waals surface area contributed by atoms with Crippen molar-refractivity contribution in [2.24, 2.45) is 11.0 Å². The zero-order chi connectivity index (χ0) is 17.5. The van der Waals surface area contributed by atoms with E-state index in [-0.39, 0.29) is 27.7 Å². The van der Waals surface area contributed by atoms with Crippen molar-refractivity contribution in [1.82, 2.24) is 5.01 Å². The second-order valence-electron chi connectivity index (χ2n) is 6.09. The summed E-state index contributed by atoms with van der Waals surface area (Å²) in [7, 11) is 0. The summed E-state index contributed by atoms with van der Waals surface area (Å²) in [6, 6.07) is 5.58. The van der Waals surface area contributed by atoms with E-state index in [0.717, 1.165) is 6.42 Å². The number of amides is 1. The summed E-state index contributed by atoms with van der Waals surface area (Å²) in [6.45, 7) is 0. The molecule has 1 aliphatic heterocycles. The van der Waals surface area contributed by atoms with E-state index >= 15 is 0 Å². The largest absolute Gasteiger partial charge is 0.439 e. The SMILES string of the molecule is O=C(c1cccc(Cl)c1)N1N=C2CCCCCC2C1(O)C(F)(F)F. The van der Waals surface area contributed by atoms with Gasteiger partial charge in [0.2, 0.25) is 0 Å². The molecule has 0 bridgehead atoms. The number of aliphatic hydroxyl groups is 1. The molecule has 0 saturated heterocycles. The van der Waals surface area contributed by atoms with Crippen molar-refractivity contribution in [3.8, 4) is 0 Å². The fourth-order valence-electron chi connectivity index (χ4n) is 3.34. The van der Waals surface area contributed by atoms with Crippen LogP contribution in [0, 0.1) is 5.92 Å². The van der Waals surface area contributed by atoms with Crippen molar-refractivity contribution in [3.05, 3.63) is 34.9 Å². The van der Waals surface area contributed by atoms with Crippen LogP contribution in [-0.2, 0) is 0 Å². The van der Waals surface area contributed by atoms with Gasteiger partial charge in [-0.1, -0.05) is 30.5 Å². The third kappa shape index (κ3) is 2.69. The number of halogens is 4. The molecule has 2 unspecified atom stereocenters. The molecule has 4 nitrogen and oxygen atoms in total. The first-order chi connectivity index (χ1) is 11.2. The first kappa shape index (κ1) is 17.2. The van der Waals surface area contributed by atoms with Crippen LogP contribution in [0.1, 0.15) is 42.5 Å². The predicted molar refractivity (Wildman–Crippen MR) is 82.6 cm³/mol. The second kappa shape index (κ2) is 6.04. The molecule has 1 heterocycles. The summed E-state index contributed by atoms with van der Waals surface area (Å²) in [5, 5.41) is 14.8. The van der Waals surface area contributed by atoms with E-state index in [1.54, 1.807) is 0 Å². The van der Waals surface area contributed by atoms with Gasteiger partial charge < -0.3 is 5.11 Å². The molecule has 1 aromatic carbocycles. The Morgan fingerprint density at radius 2 is 2.08 bits per heavy atom. The minimum absolute atomic E-state index is 0.0500. The molecule has 24 heavy (non-hydrogen) atoms. The van der Waals surface area contributed by atoms with Gasteiger partial charge in [0, 0.05) is 16.3 Å². The number of carbonyl (C=O) groups is 1. The number of hydrazone groups is 1. The van der Waals surface area contributed by atoms with Crippen LogP contribution in [0.2, 0.25) is 5.02 Å². The topological polar surface area (TPSA) is 52.9 Å². The molecule has 1 saturated carbocycles. The number of benzene rings is 1. The van der Waals surface area contributed by atoms with E-state index in [4.69, 9.17) is 11.6 Å². The maximum absolute atomic E-state index is 13.7. The molecular formula is C16H16ClF3N2O2. The summed E-state index contributed by atoms with van der Waals surface area (Å²) in [5.41, 5.74) is -3.12. The highest BCUT2D eigenvalue weighted by molar-refractivity contribution is 6.31. The van der Waals surface area contributed by atoms with Gasteiger partial charge in [0.05, 0.1) is 5.92 Å². The van der Waals surface area contributed by atoms with Crippen molar-refractivity contribution in [1.29, 1.82) is 0 Å². The smallest absolute Gasteiger partial charge is 0.362 e. The quantitative estimate of drug-likeness (QED) is 0.823. The van der Waals surface area contributed by atoms with Gasteiger partial charge in [-0.25, -0.2) is 0 Å². The Morgan fingerprint density at radius 3 is 2.75 bits per heavy atom. The summed E-state index contributed by atoms with van der Waals surface area (Å²) in [6.07, 6.45) is -2.48. The number of rotatable bonds is 1. The van der Waals surface area contributed by atoms with Crippen LogP contribution in [0.25, 0.3) is 0 Å². The van der Waals surface area contributed by atoms with Gasteiger partial charge in [-0.15, -0.1) is 0 Å². The number of hydrogen-bond donors (Lipinski definition) is 1. The van der Waals surface area contributed by atoms with Crippen molar-refractivity contribution in [3.63, 3.8) is 0 Å². The highest BCUT2D eigenvalue weighted by Gasteiger charge is 2.68. The van der Waals surface area contributed by atoms with Gasteiger partial charge in [-0.3, -0.25) is 4.79 Å². The van der Waals surface area contributed by atoms with Crippen LogP contribution < -0.4 is 0 Å². The Bertz CT molecular complexity index is 692. The van der Waals surface area contributed by atoms with E-state index < -0.39 is 23.7 Å². The minimum atomic E-state index is -5.01. The number of carbonyl (C=O) groups excluding carboxylic acids is 1. The highest BCUT2D eigenvalue weighted by atomic mass is 35.5. The summed E-state index contributed by atoms with van der Waals surface area (Å²) < 4.78 is 41.1. The highest BCUT2D eigenvalue weighted by Crippen LogP contribution is 2.48. The third-order valence-electron chi connectivity index (χ3n) is 4.55. The lowest BCUT2D eigenvalue weighted by molar-refractivity contribution is -0.312. The number of fused-ring (bicyclic) bond motifs is 1. The van der Waals surface area contributed by atoms with E-state index in [9.17, 15) is 23.1 Å². The van der Waals surface area contributed by atoms with E-state index in [1.807, 2.05) is 0 Å². The lowest BCUT2D eigenvalue weighted by atomic mass is 9.87. The normalized spacial score (nSPS) is 27.5. The maximum Gasteiger partial charge on any atom is 0.439 e. The molecule has 0 aromatic heterocycles. The standard InChI is InChI=1S/C16H16ClF3N2O2/c17-11-6-4-5-10(9-11)14(23)22-15(24,16(18,19)20)12-7-2-1-3-8-13(12)21-22/h4-6,9,12,24H,1-3,7-8H2. The zero-order valence-corrected chi connectivity index (χ0v) is 13.4. The molecule has 130 valence electrons. The van der Waals surface area contributed by atoms with E-state index in [0.29, 0.717) is 19.3 Å². The molecule has 1 amide bonds. The first-order valence-electron chi connectivity index (χ1n) is 7.71. The van der Waals surface area contributed by atoms with Crippen molar-refractivity contribution in [2.45, 2.75) is 44.0 Å². The summed E-state index contributed by atoms with van der Waals surface area (Å²) in [5.74, 6) is -2.24. The van der Waals surface area contributed by atoms with Crippen LogP contribution in [0.5, 0.6) is 0 Å². The Balaban J connectivity index is 2.05. The maximum atomic E-state index is 13.7. The zero-order valence-electron chi connectivity index (χ0n) is 12.7. The Morgan fingerprint density at radius 1 is 1.33 bits per heavy atom. The third-order valence-corrected chi connectivity index (χ3v) is 4.78. The van der Waals surface area contributed by atoms with Crippen LogP contribution in [0.4, 0.5) is 13.2 Å². The lowest BCUT2D eigenvalue weighted by Gasteiger charge is -2.37. The molecular weight excluding hydrogens is 345 g/mol. The van der Waals surface area contributed by atoms with Crippen LogP contribution in [-0.4, -0.2) is 33.6 Å². The average Bonchev–Trinajstić information content (AvgIpc) is 2.68. The molecule has 2 atom stereocenters. The number of hydrogen-bond acceptors (Lipinski definition) is 3. The first-order valence-corrected chi connectivity index (χ1v) is 8.09. The van der Waals surface area contributed by atoms with Crippen molar-refractivity contribution < 1.29 is 23.1 Å². The molecule has 0 spiro atoms. The molecule has 1 N–H and O–H groups in total. The van der Waals surface area contributed by atoms with Gasteiger partial charge in [0.15, 0.2) is 0 Å². The molecule has 1 aromatic rings. The van der Waals surface area contributed by atoms with Crippen LogP contribution in [0.15, 0.2) is 29.4 Å². The van der Waals surface area contributed by atoms with Crippen LogP contribution in [0.3, 0.4) is 0 Å². The molecule has 3 rings (SSSR count). The Labute approximate surface area is 141 Å². The molecule has 1 aliphatic carbocycles. The molecule has 8 heteroatoms. The Kier molecular flexibility index (Phi) is 4.34. The number of alkyl halides is 3. The van der Waals surface area contributed by atoms with Crippen LogP contribution >= 0.6 is 11.6 Å². The fraction of sp³-hybridized carbons (Fsp3) is 0.500. The molecule has 2 aliphatic rings. The summed E-state index contributed by atoms with van der Waals surface area (Å²) >= 11 is 5.81.